The Morgan fingerprint density at radius 2 is 1.65 bits per heavy atom. The Morgan fingerprint density at radius 1 is 0.973 bits per heavy atom. The SMILES string of the molecule is C=CC(=O)NC1CC2CN(S(=O)(=O)c3ccc(C(=O)N4CCC(C(=O)N5CCCC5)CC4)cc3)CC2O1. The summed E-state index contributed by atoms with van der Waals surface area (Å²) in [6.07, 6.45) is 4.47. The Hall–Kier alpha value is -2.76. The molecule has 0 saturated carbocycles. The predicted molar refractivity (Wildman–Crippen MR) is 135 cm³/mol. The minimum absolute atomic E-state index is 0.00557. The van der Waals surface area contributed by atoms with E-state index >= 15 is 0 Å². The van der Waals surface area contributed by atoms with E-state index in [1.54, 1.807) is 17.0 Å². The summed E-state index contributed by atoms with van der Waals surface area (Å²) >= 11 is 0. The Morgan fingerprint density at radius 3 is 2.27 bits per heavy atom. The van der Waals surface area contributed by atoms with Crippen LogP contribution in [-0.2, 0) is 24.3 Å². The van der Waals surface area contributed by atoms with Gasteiger partial charge in [-0.1, -0.05) is 6.58 Å². The quantitative estimate of drug-likeness (QED) is 0.553. The third-order valence-electron chi connectivity index (χ3n) is 7.98. The zero-order valence-electron chi connectivity index (χ0n) is 20.9. The zero-order chi connectivity index (χ0) is 26.2. The number of sulfonamides is 1. The van der Waals surface area contributed by atoms with Crippen LogP contribution in [0.4, 0.5) is 0 Å². The van der Waals surface area contributed by atoms with E-state index in [1.165, 1.54) is 22.5 Å². The van der Waals surface area contributed by atoms with Gasteiger partial charge in [0, 0.05) is 56.7 Å². The van der Waals surface area contributed by atoms with Gasteiger partial charge in [0.2, 0.25) is 21.8 Å². The number of carbonyl (C=O) groups excluding carboxylic acids is 3. The van der Waals surface area contributed by atoms with Gasteiger partial charge in [-0.05, 0) is 62.4 Å². The molecule has 0 aromatic heterocycles. The van der Waals surface area contributed by atoms with Crippen LogP contribution in [0.1, 0.15) is 42.5 Å². The molecule has 4 heterocycles. The molecule has 4 fully saturated rings. The van der Waals surface area contributed by atoms with Crippen molar-refractivity contribution in [2.45, 2.75) is 49.3 Å². The minimum Gasteiger partial charge on any atom is -0.354 e. The van der Waals surface area contributed by atoms with Gasteiger partial charge in [0.15, 0.2) is 0 Å². The van der Waals surface area contributed by atoms with Crippen LogP contribution >= 0.6 is 0 Å². The molecule has 37 heavy (non-hydrogen) atoms. The van der Waals surface area contributed by atoms with E-state index in [-0.39, 0.29) is 47.1 Å². The number of ether oxygens (including phenoxy) is 1. The van der Waals surface area contributed by atoms with Crippen molar-refractivity contribution >= 4 is 27.7 Å². The molecule has 0 spiro atoms. The number of benzene rings is 1. The van der Waals surface area contributed by atoms with E-state index < -0.39 is 16.3 Å². The first-order valence-corrected chi connectivity index (χ1v) is 14.5. The third kappa shape index (κ3) is 5.30. The fraction of sp³-hybridized carbons (Fsp3) is 0.577. The van der Waals surface area contributed by atoms with Gasteiger partial charge >= 0.3 is 0 Å². The summed E-state index contributed by atoms with van der Waals surface area (Å²) in [6, 6.07) is 6.08. The number of fused-ring (bicyclic) bond motifs is 1. The summed E-state index contributed by atoms with van der Waals surface area (Å²) in [6.45, 7) is 6.69. The van der Waals surface area contributed by atoms with Crippen LogP contribution in [0.15, 0.2) is 41.8 Å². The summed E-state index contributed by atoms with van der Waals surface area (Å²) < 4.78 is 33.7. The Balaban J connectivity index is 1.15. The number of hydrogen-bond donors (Lipinski definition) is 1. The molecule has 0 bridgehead atoms. The highest BCUT2D eigenvalue weighted by Crippen LogP contribution is 2.35. The van der Waals surface area contributed by atoms with Crippen LogP contribution in [0.5, 0.6) is 0 Å². The lowest BCUT2D eigenvalue weighted by atomic mass is 9.95. The van der Waals surface area contributed by atoms with E-state index in [4.69, 9.17) is 4.74 Å². The number of rotatable bonds is 6. The van der Waals surface area contributed by atoms with Crippen LogP contribution in [0.25, 0.3) is 0 Å². The summed E-state index contributed by atoms with van der Waals surface area (Å²) in [4.78, 5) is 41.0. The summed E-state index contributed by atoms with van der Waals surface area (Å²) in [5.74, 6) is -0.262. The van der Waals surface area contributed by atoms with Crippen molar-refractivity contribution in [3.63, 3.8) is 0 Å². The van der Waals surface area contributed by atoms with E-state index in [1.807, 2.05) is 4.90 Å². The fourth-order valence-electron chi connectivity index (χ4n) is 5.86. The van der Waals surface area contributed by atoms with Gasteiger partial charge in [0.05, 0.1) is 11.0 Å². The number of amides is 3. The van der Waals surface area contributed by atoms with Gasteiger partial charge in [-0.2, -0.15) is 4.31 Å². The molecule has 200 valence electrons. The Bertz CT molecular complexity index is 1140. The highest BCUT2D eigenvalue weighted by atomic mass is 32.2. The Kier molecular flexibility index (Phi) is 7.37. The van der Waals surface area contributed by atoms with Crippen molar-refractivity contribution in [3.05, 3.63) is 42.5 Å². The van der Waals surface area contributed by atoms with Crippen molar-refractivity contribution < 1.29 is 27.5 Å². The van der Waals surface area contributed by atoms with E-state index in [9.17, 15) is 22.8 Å². The summed E-state index contributed by atoms with van der Waals surface area (Å²) in [5, 5.41) is 2.70. The predicted octanol–water partition coefficient (Wildman–Crippen LogP) is 1.20. The highest BCUT2D eigenvalue weighted by Gasteiger charge is 2.46. The molecule has 0 radical (unpaired) electrons. The number of likely N-dealkylation sites (tertiary alicyclic amines) is 2. The normalized spacial score (nSPS) is 26.8. The van der Waals surface area contributed by atoms with Crippen LogP contribution in [-0.4, -0.2) is 91.8 Å². The van der Waals surface area contributed by atoms with Crippen molar-refractivity contribution in [3.8, 4) is 0 Å². The van der Waals surface area contributed by atoms with Crippen LogP contribution in [0, 0.1) is 11.8 Å². The highest BCUT2D eigenvalue weighted by molar-refractivity contribution is 7.89. The molecule has 1 N–H and O–H groups in total. The largest absolute Gasteiger partial charge is 0.354 e. The number of carbonyl (C=O) groups is 3. The lowest BCUT2D eigenvalue weighted by molar-refractivity contribution is -0.135. The number of nitrogens with zero attached hydrogens (tertiary/aromatic N) is 3. The first-order chi connectivity index (χ1) is 17.8. The molecule has 4 aliphatic heterocycles. The van der Waals surface area contributed by atoms with E-state index in [0.29, 0.717) is 44.5 Å². The van der Waals surface area contributed by atoms with Gasteiger partial charge in [-0.3, -0.25) is 14.4 Å². The molecule has 4 aliphatic rings. The Labute approximate surface area is 217 Å². The molecule has 4 saturated heterocycles. The summed E-state index contributed by atoms with van der Waals surface area (Å²) in [7, 11) is -3.74. The van der Waals surface area contributed by atoms with Crippen molar-refractivity contribution in [2.24, 2.45) is 11.8 Å². The maximum Gasteiger partial charge on any atom is 0.253 e. The number of piperidine rings is 1. The van der Waals surface area contributed by atoms with Gasteiger partial charge < -0.3 is 19.9 Å². The molecule has 3 atom stereocenters. The molecule has 3 unspecified atom stereocenters. The second kappa shape index (κ2) is 10.5. The van der Waals surface area contributed by atoms with Gasteiger partial charge in [0.1, 0.15) is 6.23 Å². The molecular weight excluding hydrogens is 496 g/mol. The molecule has 5 rings (SSSR count). The molecule has 0 aliphatic carbocycles. The smallest absolute Gasteiger partial charge is 0.253 e. The topological polar surface area (TPSA) is 116 Å². The molecule has 11 heteroatoms. The first kappa shape index (κ1) is 25.9. The minimum atomic E-state index is -3.74. The van der Waals surface area contributed by atoms with Gasteiger partial charge in [-0.25, -0.2) is 8.42 Å². The summed E-state index contributed by atoms with van der Waals surface area (Å²) in [5.41, 5.74) is 0.436. The third-order valence-corrected chi connectivity index (χ3v) is 9.83. The van der Waals surface area contributed by atoms with Crippen LogP contribution in [0.3, 0.4) is 0 Å². The molecule has 1 aromatic carbocycles. The maximum absolute atomic E-state index is 13.2. The zero-order valence-corrected chi connectivity index (χ0v) is 21.7. The number of nitrogens with one attached hydrogen (secondary N) is 1. The lowest BCUT2D eigenvalue weighted by Crippen LogP contribution is -2.43. The molecule has 1 aromatic rings. The average Bonchev–Trinajstić information content (AvgIpc) is 3.65. The number of hydrogen-bond acceptors (Lipinski definition) is 6. The van der Waals surface area contributed by atoms with Crippen molar-refractivity contribution in [2.75, 3.05) is 39.3 Å². The second-order valence-corrected chi connectivity index (χ2v) is 12.3. The van der Waals surface area contributed by atoms with Crippen molar-refractivity contribution in [1.29, 1.82) is 0 Å². The van der Waals surface area contributed by atoms with Crippen LogP contribution in [0.2, 0.25) is 0 Å². The van der Waals surface area contributed by atoms with Gasteiger partial charge in [-0.15, -0.1) is 0 Å². The lowest BCUT2D eigenvalue weighted by Gasteiger charge is -2.33. The standard InChI is InChI=1S/C26H34N4O6S/c1-2-23(31)27-24-15-20-16-30(17-22(20)36-24)37(34,35)21-7-5-18(6-8-21)25(32)29-13-9-19(10-14-29)26(33)28-11-3-4-12-28/h2,5-8,19-20,22,24H,1,3-4,9-17H2,(H,27,31). The fourth-order valence-corrected chi connectivity index (χ4v) is 7.37. The van der Waals surface area contributed by atoms with Gasteiger partial charge in [0.25, 0.3) is 5.91 Å². The molecule has 3 amide bonds. The first-order valence-electron chi connectivity index (χ1n) is 13.0. The second-order valence-electron chi connectivity index (χ2n) is 10.3. The maximum atomic E-state index is 13.2. The molecular formula is C26H34N4O6S. The van der Waals surface area contributed by atoms with E-state index in [0.717, 1.165) is 25.9 Å². The monoisotopic (exact) mass is 530 g/mol. The van der Waals surface area contributed by atoms with Crippen molar-refractivity contribution in [1.82, 2.24) is 19.4 Å². The van der Waals surface area contributed by atoms with E-state index in [2.05, 4.69) is 11.9 Å². The average molecular weight is 531 g/mol. The molecule has 10 nitrogen and oxygen atoms in total. The van der Waals surface area contributed by atoms with Crippen LogP contribution < -0.4 is 5.32 Å².